The van der Waals surface area contributed by atoms with E-state index in [0.717, 1.165) is 6.42 Å². The second-order valence-electron chi connectivity index (χ2n) is 6.50. The smallest absolute Gasteiger partial charge is 0.167 e. The van der Waals surface area contributed by atoms with Crippen LogP contribution in [0.2, 0.25) is 0 Å². The van der Waals surface area contributed by atoms with E-state index in [2.05, 4.69) is 79.9 Å². The van der Waals surface area contributed by atoms with Crippen LogP contribution in [0.3, 0.4) is 0 Å². The van der Waals surface area contributed by atoms with Crippen molar-refractivity contribution >= 4 is 17.3 Å². The Morgan fingerprint density at radius 3 is 2.05 bits per heavy atom. The van der Waals surface area contributed by atoms with E-state index in [4.69, 9.17) is 12.2 Å². The maximum absolute atomic E-state index is 5.47. The number of hydrogen-bond donors (Lipinski definition) is 2. The second-order valence-corrected chi connectivity index (χ2v) is 6.91. The molecule has 0 bridgehead atoms. The van der Waals surface area contributed by atoms with E-state index in [-0.39, 0.29) is 11.6 Å². The molecule has 1 atom stereocenters. The molecular weight excluding hydrogens is 288 g/mol. The molecule has 2 aromatic carbocycles. The van der Waals surface area contributed by atoms with Gasteiger partial charge in [-0.2, -0.15) is 0 Å². The first kappa shape index (κ1) is 16.5. The van der Waals surface area contributed by atoms with E-state index in [1.807, 2.05) is 12.1 Å². The first-order valence-electron chi connectivity index (χ1n) is 7.61. The minimum absolute atomic E-state index is 0.0436. The molecule has 2 aromatic rings. The summed E-state index contributed by atoms with van der Waals surface area (Å²) in [6, 6.07) is 21.1. The Labute approximate surface area is 139 Å². The first-order chi connectivity index (χ1) is 10.4. The van der Waals surface area contributed by atoms with Gasteiger partial charge in [0.25, 0.3) is 0 Å². The maximum atomic E-state index is 5.47. The summed E-state index contributed by atoms with van der Waals surface area (Å²) in [5.41, 5.74) is 2.49. The minimum Gasteiger partial charge on any atom is -0.358 e. The Morgan fingerprint density at radius 2 is 1.50 bits per heavy atom. The van der Waals surface area contributed by atoms with Gasteiger partial charge in [-0.05, 0) is 50.5 Å². The van der Waals surface area contributed by atoms with Gasteiger partial charge in [-0.15, -0.1) is 0 Å². The van der Waals surface area contributed by atoms with Crippen LogP contribution in [0.15, 0.2) is 60.7 Å². The van der Waals surface area contributed by atoms with Crippen LogP contribution < -0.4 is 10.6 Å². The molecule has 3 heteroatoms. The third-order valence-corrected chi connectivity index (χ3v) is 3.50. The minimum atomic E-state index is -0.0436. The zero-order chi connectivity index (χ0) is 16.0. The molecule has 0 amide bonds. The van der Waals surface area contributed by atoms with Crippen molar-refractivity contribution in [3.63, 3.8) is 0 Å². The third kappa shape index (κ3) is 5.49. The molecule has 0 aliphatic heterocycles. The Balaban J connectivity index is 2.14. The van der Waals surface area contributed by atoms with Crippen LogP contribution in [0.1, 0.15) is 37.9 Å². The largest absolute Gasteiger partial charge is 0.358 e. The Bertz CT molecular complexity index is 588. The number of rotatable bonds is 4. The van der Waals surface area contributed by atoms with Gasteiger partial charge in [0.05, 0.1) is 6.04 Å². The van der Waals surface area contributed by atoms with Crippen LogP contribution in [0, 0.1) is 0 Å². The topological polar surface area (TPSA) is 24.1 Å². The van der Waals surface area contributed by atoms with Crippen molar-refractivity contribution in [2.45, 2.75) is 38.8 Å². The predicted octanol–water partition coefficient (Wildman–Crippen LogP) is 4.23. The number of hydrogen-bond acceptors (Lipinski definition) is 1. The van der Waals surface area contributed by atoms with Crippen molar-refractivity contribution in [1.82, 2.24) is 10.6 Å². The lowest BCUT2D eigenvalue weighted by atomic mass is 9.99. The molecule has 0 spiro atoms. The van der Waals surface area contributed by atoms with Crippen molar-refractivity contribution in [3.05, 3.63) is 71.8 Å². The highest BCUT2D eigenvalue weighted by atomic mass is 32.1. The summed E-state index contributed by atoms with van der Waals surface area (Å²) in [6.07, 6.45) is 0.900. The standard InChI is InChI=1S/C19H24N2S/c1-19(2,3)21-18(22)20-17(16-12-8-5-9-13-16)14-15-10-6-4-7-11-15/h4-13,17H,14H2,1-3H3,(H2,20,21,22). The SMILES string of the molecule is CC(C)(C)NC(=S)NC(Cc1ccccc1)c1ccccc1. The van der Waals surface area contributed by atoms with Gasteiger partial charge in [0.15, 0.2) is 5.11 Å². The van der Waals surface area contributed by atoms with Crippen molar-refractivity contribution < 1.29 is 0 Å². The predicted molar refractivity (Wildman–Crippen MR) is 98.0 cm³/mol. The lowest BCUT2D eigenvalue weighted by Crippen LogP contribution is -2.47. The molecule has 0 fully saturated rings. The Morgan fingerprint density at radius 1 is 0.955 bits per heavy atom. The van der Waals surface area contributed by atoms with Gasteiger partial charge in [-0.3, -0.25) is 0 Å². The summed E-state index contributed by atoms with van der Waals surface area (Å²) >= 11 is 5.47. The van der Waals surface area contributed by atoms with Gasteiger partial charge in [0.2, 0.25) is 0 Å². The van der Waals surface area contributed by atoms with E-state index in [1.165, 1.54) is 11.1 Å². The van der Waals surface area contributed by atoms with Gasteiger partial charge in [-0.25, -0.2) is 0 Å². The maximum Gasteiger partial charge on any atom is 0.167 e. The highest BCUT2D eigenvalue weighted by Gasteiger charge is 2.16. The van der Waals surface area contributed by atoms with E-state index < -0.39 is 0 Å². The summed E-state index contributed by atoms with van der Waals surface area (Å²) in [4.78, 5) is 0. The third-order valence-electron chi connectivity index (χ3n) is 3.28. The van der Waals surface area contributed by atoms with Crippen molar-refractivity contribution in [1.29, 1.82) is 0 Å². The Kier molecular flexibility index (Phi) is 5.56. The fraction of sp³-hybridized carbons (Fsp3) is 0.316. The van der Waals surface area contributed by atoms with Gasteiger partial charge in [-0.1, -0.05) is 60.7 Å². The van der Waals surface area contributed by atoms with Gasteiger partial charge < -0.3 is 10.6 Å². The van der Waals surface area contributed by atoms with Crippen molar-refractivity contribution in [2.24, 2.45) is 0 Å². The van der Waals surface area contributed by atoms with Crippen LogP contribution in [-0.2, 0) is 6.42 Å². The van der Waals surface area contributed by atoms with Crippen LogP contribution in [0.5, 0.6) is 0 Å². The molecule has 0 aliphatic carbocycles. The van der Waals surface area contributed by atoms with Gasteiger partial charge in [0, 0.05) is 5.54 Å². The number of nitrogens with one attached hydrogen (secondary N) is 2. The molecule has 0 saturated heterocycles. The van der Waals surface area contributed by atoms with Crippen LogP contribution >= 0.6 is 12.2 Å². The average Bonchev–Trinajstić information content (AvgIpc) is 2.47. The van der Waals surface area contributed by atoms with Crippen LogP contribution in [-0.4, -0.2) is 10.7 Å². The van der Waals surface area contributed by atoms with Gasteiger partial charge >= 0.3 is 0 Å². The average molecular weight is 312 g/mol. The molecule has 0 heterocycles. The molecule has 1 unspecified atom stereocenters. The highest BCUT2D eigenvalue weighted by molar-refractivity contribution is 7.80. The zero-order valence-corrected chi connectivity index (χ0v) is 14.3. The van der Waals surface area contributed by atoms with E-state index in [9.17, 15) is 0 Å². The second kappa shape index (κ2) is 7.41. The van der Waals surface area contributed by atoms with E-state index in [0.29, 0.717) is 5.11 Å². The fourth-order valence-electron chi connectivity index (χ4n) is 2.32. The molecule has 22 heavy (non-hydrogen) atoms. The molecular formula is C19H24N2S. The molecule has 0 saturated carbocycles. The fourth-order valence-corrected chi connectivity index (χ4v) is 2.77. The van der Waals surface area contributed by atoms with E-state index >= 15 is 0 Å². The van der Waals surface area contributed by atoms with E-state index in [1.54, 1.807) is 0 Å². The van der Waals surface area contributed by atoms with Crippen molar-refractivity contribution in [2.75, 3.05) is 0 Å². The first-order valence-corrected chi connectivity index (χ1v) is 8.02. The van der Waals surface area contributed by atoms with Crippen LogP contribution in [0.4, 0.5) is 0 Å². The summed E-state index contributed by atoms with van der Waals surface area (Å²) in [5, 5.41) is 7.48. The molecule has 2 N–H and O–H groups in total. The van der Waals surface area contributed by atoms with Crippen molar-refractivity contribution in [3.8, 4) is 0 Å². The lowest BCUT2D eigenvalue weighted by Gasteiger charge is -2.27. The Hall–Kier alpha value is -1.87. The number of benzene rings is 2. The summed E-state index contributed by atoms with van der Waals surface area (Å²) in [6.45, 7) is 6.32. The number of thiocarbonyl (C=S) groups is 1. The summed E-state index contributed by atoms with van der Waals surface area (Å²) < 4.78 is 0. The quantitative estimate of drug-likeness (QED) is 0.826. The molecule has 2 nitrogen and oxygen atoms in total. The monoisotopic (exact) mass is 312 g/mol. The summed E-state index contributed by atoms with van der Waals surface area (Å²) in [7, 11) is 0. The lowest BCUT2D eigenvalue weighted by molar-refractivity contribution is 0.498. The summed E-state index contributed by atoms with van der Waals surface area (Å²) in [5.74, 6) is 0. The highest BCUT2D eigenvalue weighted by Crippen LogP contribution is 2.18. The normalized spacial score (nSPS) is 12.5. The molecule has 0 radical (unpaired) electrons. The molecule has 116 valence electrons. The molecule has 0 aliphatic rings. The van der Waals surface area contributed by atoms with Crippen LogP contribution in [0.25, 0.3) is 0 Å². The molecule has 2 rings (SSSR count). The van der Waals surface area contributed by atoms with Gasteiger partial charge in [0.1, 0.15) is 0 Å². The molecule has 0 aromatic heterocycles. The zero-order valence-electron chi connectivity index (χ0n) is 13.5.